The lowest BCUT2D eigenvalue weighted by atomic mass is 9.81. The summed E-state index contributed by atoms with van der Waals surface area (Å²) in [7, 11) is 0. The summed E-state index contributed by atoms with van der Waals surface area (Å²) in [4.78, 5) is 9.64. The van der Waals surface area contributed by atoms with E-state index in [4.69, 9.17) is 0 Å². The lowest BCUT2D eigenvalue weighted by Crippen LogP contribution is -2.24. The van der Waals surface area contributed by atoms with Crippen molar-refractivity contribution in [2.24, 2.45) is 0 Å². The Morgan fingerprint density at radius 3 is 1.22 bits per heavy atom. The van der Waals surface area contributed by atoms with Crippen LogP contribution in [0.4, 0.5) is 68.2 Å². The first-order chi connectivity index (χ1) is 33.0. The fourth-order valence-electron chi connectivity index (χ4n) is 11.0. The Balaban J connectivity index is 0.846. The van der Waals surface area contributed by atoms with E-state index in [0.717, 1.165) is 68.2 Å². The quantitative estimate of drug-likeness (QED) is 0.154. The van der Waals surface area contributed by atoms with Crippen LogP contribution in [0.3, 0.4) is 0 Å². The molecule has 0 unspecified atom stereocenters. The summed E-state index contributed by atoms with van der Waals surface area (Å²) in [6.07, 6.45) is 4.58. The average Bonchev–Trinajstić information content (AvgIpc) is 3.61. The van der Waals surface area contributed by atoms with Gasteiger partial charge in [0.15, 0.2) is 0 Å². The van der Waals surface area contributed by atoms with E-state index in [-0.39, 0.29) is 5.41 Å². The molecule has 67 heavy (non-hydrogen) atoms. The number of nitrogens with zero attached hydrogens (tertiary/aromatic N) is 4. The van der Waals surface area contributed by atoms with Crippen LogP contribution in [0, 0.1) is 0 Å². The van der Waals surface area contributed by atoms with Crippen molar-refractivity contribution in [2.75, 3.05) is 19.6 Å². The summed E-state index contributed by atoms with van der Waals surface area (Å²) >= 11 is 0. The first-order valence-corrected chi connectivity index (χ1v) is 23.2. The van der Waals surface area contributed by atoms with Crippen LogP contribution in [0.2, 0.25) is 0 Å². The van der Waals surface area contributed by atoms with Crippen LogP contribution >= 0.6 is 0 Å². The Hall–Kier alpha value is -8.60. The van der Waals surface area contributed by atoms with Crippen LogP contribution in [0.25, 0.3) is 34.1 Å². The number of anilines is 12. The van der Waals surface area contributed by atoms with E-state index in [1.807, 2.05) is 0 Å². The summed E-state index contributed by atoms with van der Waals surface area (Å²) in [5, 5.41) is 2.42. The van der Waals surface area contributed by atoms with Crippen LogP contribution in [-0.4, -0.2) is 0 Å². The molecule has 2 heterocycles. The monoisotopic (exact) mass is 858 g/mol. The van der Waals surface area contributed by atoms with Gasteiger partial charge in [0.2, 0.25) is 0 Å². The molecular weight excluding hydrogens is 813 g/mol. The molecule has 3 aliphatic rings. The highest BCUT2D eigenvalue weighted by molar-refractivity contribution is 6.09. The number of para-hydroxylation sites is 10. The fourth-order valence-corrected chi connectivity index (χ4v) is 11.0. The first-order valence-electron chi connectivity index (χ1n) is 23.2. The molecule has 0 saturated heterocycles. The van der Waals surface area contributed by atoms with Crippen molar-refractivity contribution in [1.29, 1.82) is 0 Å². The van der Waals surface area contributed by atoms with Gasteiger partial charge in [0.25, 0.3) is 0 Å². The maximum Gasteiger partial charge on any atom is 0.0703 e. The standard InChI is InChI=1S/C63H46N4/c1-63(2)52-41-43(36-39-49(52)50-40-38-47(42-53(50)63)66-57-28-11-9-26-55(57)64(45-20-5-3-6-21-45)56-27-10-12-29-58(56)66)35-37-44-19-17-25-51-48(44)24-18-34-54(51)67-61-32-15-13-30-59(61)65(46-22-7-4-8-23-46)60-31-14-16-33-62(60)67/h3-42H,1-2H3. The smallest absolute Gasteiger partial charge is 0.0703 e. The van der Waals surface area contributed by atoms with Gasteiger partial charge in [0.1, 0.15) is 0 Å². The maximum absolute atomic E-state index is 2.44. The summed E-state index contributed by atoms with van der Waals surface area (Å²) in [6.45, 7) is 4.76. The van der Waals surface area contributed by atoms with E-state index in [9.17, 15) is 0 Å². The van der Waals surface area contributed by atoms with Gasteiger partial charge in [-0.1, -0.05) is 166 Å². The summed E-state index contributed by atoms with van der Waals surface area (Å²) in [5.41, 5.74) is 21.3. The minimum Gasteiger partial charge on any atom is -0.306 e. The van der Waals surface area contributed by atoms with Gasteiger partial charge in [0.05, 0.1) is 51.2 Å². The molecule has 4 heteroatoms. The lowest BCUT2D eigenvalue weighted by Gasteiger charge is -2.40. The zero-order chi connectivity index (χ0) is 44.6. The number of rotatable bonds is 6. The van der Waals surface area contributed by atoms with Crippen molar-refractivity contribution in [2.45, 2.75) is 19.3 Å². The average molecular weight is 859 g/mol. The molecule has 10 aromatic carbocycles. The minimum absolute atomic E-state index is 0.207. The second-order valence-corrected chi connectivity index (χ2v) is 18.2. The van der Waals surface area contributed by atoms with Crippen molar-refractivity contribution in [3.63, 3.8) is 0 Å². The first kappa shape index (κ1) is 38.8. The van der Waals surface area contributed by atoms with E-state index >= 15 is 0 Å². The number of hydrogen-bond donors (Lipinski definition) is 0. The minimum atomic E-state index is -0.207. The van der Waals surface area contributed by atoms with Crippen molar-refractivity contribution in [1.82, 2.24) is 0 Å². The molecule has 0 saturated carbocycles. The number of hydrogen-bond acceptors (Lipinski definition) is 4. The van der Waals surface area contributed by atoms with E-state index < -0.39 is 0 Å². The molecule has 0 atom stereocenters. The Labute approximate surface area is 392 Å². The number of fused-ring (bicyclic) bond motifs is 8. The predicted octanol–water partition coefficient (Wildman–Crippen LogP) is 17.8. The number of benzene rings is 10. The van der Waals surface area contributed by atoms with Gasteiger partial charge in [-0.15, -0.1) is 0 Å². The Morgan fingerprint density at radius 2 is 0.701 bits per heavy atom. The van der Waals surface area contributed by atoms with E-state index in [0.29, 0.717) is 0 Å². The van der Waals surface area contributed by atoms with Crippen molar-refractivity contribution in [3.05, 3.63) is 253 Å². The molecule has 2 aliphatic heterocycles. The second kappa shape index (κ2) is 15.3. The Morgan fingerprint density at radius 1 is 0.299 bits per heavy atom. The summed E-state index contributed by atoms with van der Waals surface area (Å²) in [5.74, 6) is 0. The van der Waals surface area contributed by atoms with Gasteiger partial charge < -0.3 is 19.6 Å². The fraction of sp³-hybridized carbons (Fsp3) is 0.0476. The molecule has 4 nitrogen and oxygen atoms in total. The van der Waals surface area contributed by atoms with Crippen LogP contribution in [0.5, 0.6) is 0 Å². The molecule has 13 rings (SSSR count). The molecular formula is C63H46N4. The molecule has 0 bridgehead atoms. The SMILES string of the molecule is CC1(C)c2cc(C=Cc3cccc4c(N5c6ccccc6N(c6ccccc6)c6ccccc65)cccc34)ccc2-c2ccc(N3c4ccccc4N(c4ccccc4)c4ccccc43)cc21. The zero-order valence-corrected chi connectivity index (χ0v) is 37.4. The van der Waals surface area contributed by atoms with Crippen molar-refractivity contribution >= 4 is 91.2 Å². The van der Waals surface area contributed by atoms with Gasteiger partial charge >= 0.3 is 0 Å². The van der Waals surface area contributed by atoms with Gasteiger partial charge in [-0.05, 0) is 130 Å². The summed E-state index contributed by atoms with van der Waals surface area (Å²) < 4.78 is 0. The van der Waals surface area contributed by atoms with Crippen LogP contribution in [0.1, 0.15) is 36.1 Å². The third-order valence-corrected chi connectivity index (χ3v) is 14.1. The topological polar surface area (TPSA) is 13.0 Å². The Kier molecular flexibility index (Phi) is 8.84. The van der Waals surface area contributed by atoms with Gasteiger partial charge in [-0.3, -0.25) is 0 Å². The van der Waals surface area contributed by atoms with Crippen molar-refractivity contribution in [3.8, 4) is 11.1 Å². The van der Waals surface area contributed by atoms with Crippen LogP contribution in [0.15, 0.2) is 231 Å². The maximum atomic E-state index is 2.44. The lowest BCUT2D eigenvalue weighted by molar-refractivity contribution is 0.660. The molecule has 0 N–H and O–H groups in total. The van der Waals surface area contributed by atoms with Crippen molar-refractivity contribution < 1.29 is 0 Å². The molecule has 10 aromatic rings. The van der Waals surface area contributed by atoms with E-state index in [1.54, 1.807) is 0 Å². The predicted molar refractivity (Wildman–Crippen MR) is 283 cm³/mol. The van der Waals surface area contributed by atoms with Crippen LogP contribution in [-0.2, 0) is 5.41 Å². The highest BCUT2D eigenvalue weighted by Crippen LogP contribution is 2.57. The molecule has 0 fully saturated rings. The third-order valence-electron chi connectivity index (χ3n) is 14.1. The normalized spacial score (nSPS) is 14.1. The van der Waals surface area contributed by atoms with E-state index in [2.05, 4.69) is 276 Å². The molecule has 0 radical (unpaired) electrons. The van der Waals surface area contributed by atoms with Crippen LogP contribution < -0.4 is 19.6 Å². The molecule has 0 aromatic heterocycles. The second-order valence-electron chi connectivity index (χ2n) is 18.2. The highest BCUT2D eigenvalue weighted by Gasteiger charge is 2.38. The molecule has 0 amide bonds. The molecule has 1 aliphatic carbocycles. The molecule has 0 spiro atoms. The largest absolute Gasteiger partial charge is 0.306 e. The third kappa shape index (κ3) is 6.07. The highest BCUT2D eigenvalue weighted by atomic mass is 15.3. The molecule has 318 valence electrons. The van der Waals surface area contributed by atoms with Gasteiger partial charge in [-0.2, -0.15) is 0 Å². The van der Waals surface area contributed by atoms with Gasteiger partial charge in [0, 0.05) is 27.9 Å². The van der Waals surface area contributed by atoms with E-state index in [1.165, 1.54) is 44.2 Å². The Bertz CT molecular complexity index is 3500. The zero-order valence-electron chi connectivity index (χ0n) is 37.4. The van der Waals surface area contributed by atoms with Gasteiger partial charge in [-0.25, -0.2) is 0 Å². The summed E-state index contributed by atoms with van der Waals surface area (Å²) in [6, 6.07) is 83.9.